The number of nitrogens with zero attached hydrogens (tertiary/aromatic N) is 1. The average molecular weight is 238 g/mol. The molecule has 100 valence electrons. The van der Waals surface area contributed by atoms with Crippen molar-refractivity contribution in [1.29, 1.82) is 0 Å². The molecular weight excluding hydrogens is 208 g/mol. The van der Waals surface area contributed by atoms with Crippen LogP contribution in [0, 0.1) is 17.8 Å². The van der Waals surface area contributed by atoms with Gasteiger partial charge in [-0.1, -0.05) is 26.7 Å². The van der Waals surface area contributed by atoms with Crippen molar-refractivity contribution in [3.63, 3.8) is 0 Å². The Labute approximate surface area is 107 Å². The minimum Gasteiger partial charge on any atom is -0.327 e. The normalized spacial score (nSPS) is 40.1. The Morgan fingerprint density at radius 2 is 1.76 bits per heavy atom. The average Bonchev–Trinajstić information content (AvgIpc) is 2.76. The van der Waals surface area contributed by atoms with E-state index in [0.717, 1.165) is 23.8 Å². The van der Waals surface area contributed by atoms with E-state index in [9.17, 15) is 0 Å². The van der Waals surface area contributed by atoms with E-state index in [2.05, 4.69) is 25.8 Å². The molecule has 0 aromatic rings. The Balaban J connectivity index is 1.88. The first kappa shape index (κ1) is 13.4. The van der Waals surface area contributed by atoms with E-state index in [1.165, 1.54) is 45.1 Å². The summed E-state index contributed by atoms with van der Waals surface area (Å²) in [6.07, 6.45) is 8.27. The smallest absolute Gasteiger partial charge is 0.00923 e. The molecule has 2 heteroatoms. The number of rotatable bonds is 3. The summed E-state index contributed by atoms with van der Waals surface area (Å²) in [6, 6.07) is 1.27. The Bertz CT molecular complexity index is 223. The van der Waals surface area contributed by atoms with E-state index in [-0.39, 0.29) is 0 Å². The molecule has 4 unspecified atom stereocenters. The minimum absolute atomic E-state index is 0.428. The van der Waals surface area contributed by atoms with Gasteiger partial charge in [0.2, 0.25) is 0 Å². The van der Waals surface area contributed by atoms with Crippen LogP contribution < -0.4 is 5.73 Å². The summed E-state index contributed by atoms with van der Waals surface area (Å²) in [4.78, 5) is 2.60. The molecule has 2 saturated carbocycles. The maximum Gasteiger partial charge on any atom is 0.00923 e. The van der Waals surface area contributed by atoms with E-state index in [4.69, 9.17) is 5.73 Å². The Kier molecular flexibility index (Phi) is 4.48. The highest BCUT2D eigenvalue weighted by Gasteiger charge is 2.33. The molecule has 0 spiro atoms. The molecule has 2 rings (SSSR count). The van der Waals surface area contributed by atoms with Crippen LogP contribution in [0.3, 0.4) is 0 Å². The van der Waals surface area contributed by atoms with Crippen molar-refractivity contribution in [2.75, 3.05) is 13.6 Å². The van der Waals surface area contributed by atoms with Gasteiger partial charge < -0.3 is 10.6 Å². The second kappa shape index (κ2) is 5.71. The zero-order valence-corrected chi connectivity index (χ0v) is 11.9. The van der Waals surface area contributed by atoms with Gasteiger partial charge in [-0.3, -0.25) is 0 Å². The van der Waals surface area contributed by atoms with Crippen molar-refractivity contribution in [2.24, 2.45) is 23.5 Å². The van der Waals surface area contributed by atoms with Gasteiger partial charge >= 0.3 is 0 Å². The lowest BCUT2D eigenvalue weighted by Crippen LogP contribution is -2.47. The molecule has 0 bridgehead atoms. The summed E-state index contributed by atoms with van der Waals surface area (Å²) in [5, 5.41) is 0. The lowest BCUT2D eigenvalue weighted by atomic mass is 9.72. The van der Waals surface area contributed by atoms with Crippen LogP contribution in [0.5, 0.6) is 0 Å². The van der Waals surface area contributed by atoms with Crippen LogP contribution in [0.4, 0.5) is 0 Å². The molecule has 17 heavy (non-hydrogen) atoms. The fourth-order valence-corrected chi connectivity index (χ4v) is 4.11. The fourth-order valence-electron chi connectivity index (χ4n) is 4.11. The molecule has 0 aromatic carbocycles. The highest BCUT2D eigenvalue weighted by atomic mass is 15.1. The van der Waals surface area contributed by atoms with Crippen LogP contribution in [0.1, 0.15) is 52.4 Å². The lowest BCUT2D eigenvalue weighted by molar-refractivity contribution is 0.110. The maximum atomic E-state index is 6.38. The fraction of sp³-hybridized carbons (Fsp3) is 1.00. The molecule has 2 aliphatic rings. The quantitative estimate of drug-likeness (QED) is 0.819. The molecule has 0 heterocycles. The number of hydrogen-bond donors (Lipinski definition) is 1. The third-order valence-corrected chi connectivity index (χ3v) is 5.18. The first-order valence-electron chi connectivity index (χ1n) is 7.53. The SMILES string of the molecule is CC1CC(C)C(CN(C)C2CCCC2)C(N)C1. The van der Waals surface area contributed by atoms with Crippen LogP contribution >= 0.6 is 0 Å². The predicted octanol–water partition coefficient (Wildman–Crippen LogP) is 2.87. The Hall–Kier alpha value is -0.0800. The summed E-state index contributed by atoms with van der Waals surface area (Å²) in [5.41, 5.74) is 6.38. The van der Waals surface area contributed by atoms with Crippen molar-refractivity contribution in [1.82, 2.24) is 4.90 Å². The predicted molar refractivity (Wildman–Crippen MR) is 73.9 cm³/mol. The van der Waals surface area contributed by atoms with Crippen LogP contribution in [0.25, 0.3) is 0 Å². The van der Waals surface area contributed by atoms with Gasteiger partial charge in [-0.25, -0.2) is 0 Å². The van der Waals surface area contributed by atoms with Gasteiger partial charge in [-0.15, -0.1) is 0 Å². The van der Waals surface area contributed by atoms with E-state index in [0.29, 0.717) is 6.04 Å². The summed E-state index contributed by atoms with van der Waals surface area (Å²) in [7, 11) is 2.31. The molecule has 0 amide bonds. The minimum atomic E-state index is 0.428. The number of nitrogens with two attached hydrogens (primary N) is 1. The highest BCUT2D eigenvalue weighted by Crippen LogP contribution is 2.34. The molecule has 0 saturated heterocycles. The monoisotopic (exact) mass is 238 g/mol. The van der Waals surface area contributed by atoms with Crippen molar-refractivity contribution in [2.45, 2.75) is 64.5 Å². The standard InChI is InChI=1S/C15H30N2/c1-11-8-12(2)14(15(16)9-11)10-17(3)13-6-4-5-7-13/h11-15H,4-10,16H2,1-3H3. The van der Waals surface area contributed by atoms with Crippen LogP contribution in [-0.4, -0.2) is 30.6 Å². The van der Waals surface area contributed by atoms with Gasteiger partial charge in [-0.2, -0.15) is 0 Å². The molecule has 2 aliphatic carbocycles. The van der Waals surface area contributed by atoms with E-state index in [1.54, 1.807) is 0 Å². The van der Waals surface area contributed by atoms with Crippen LogP contribution in [0.15, 0.2) is 0 Å². The number of hydrogen-bond acceptors (Lipinski definition) is 2. The van der Waals surface area contributed by atoms with Gasteiger partial charge in [0.25, 0.3) is 0 Å². The summed E-state index contributed by atoms with van der Waals surface area (Å²) >= 11 is 0. The molecule has 0 aromatic heterocycles. The first-order valence-corrected chi connectivity index (χ1v) is 7.53. The second-order valence-electron chi connectivity index (χ2n) is 6.76. The van der Waals surface area contributed by atoms with Crippen molar-refractivity contribution in [3.8, 4) is 0 Å². The molecule has 0 aliphatic heterocycles. The highest BCUT2D eigenvalue weighted by molar-refractivity contribution is 4.88. The molecular formula is C15H30N2. The molecule has 2 nitrogen and oxygen atoms in total. The topological polar surface area (TPSA) is 29.3 Å². The summed E-state index contributed by atoms with van der Waals surface area (Å²) in [6.45, 7) is 5.98. The van der Waals surface area contributed by atoms with E-state index < -0.39 is 0 Å². The lowest BCUT2D eigenvalue weighted by Gasteiger charge is -2.41. The van der Waals surface area contributed by atoms with Gasteiger partial charge in [0.15, 0.2) is 0 Å². The van der Waals surface area contributed by atoms with Gasteiger partial charge in [-0.05, 0) is 50.5 Å². The van der Waals surface area contributed by atoms with Crippen molar-refractivity contribution >= 4 is 0 Å². The van der Waals surface area contributed by atoms with Crippen LogP contribution in [0.2, 0.25) is 0 Å². The Morgan fingerprint density at radius 3 is 2.35 bits per heavy atom. The summed E-state index contributed by atoms with van der Waals surface area (Å²) in [5.74, 6) is 2.35. The summed E-state index contributed by atoms with van der Waals surface area (Å²) < 4.78 is 0. The zero-order valence-electron chi connectivity index (χ0n) is 11.9. The Morgan fingerprint density at radius 1 is 1.12 bits per heavy atom. The first-order chi connectivity index (χ1) is 8.08. The van der Waals surface area contributed by atoms with E-state index in [1.807, 2.05) is 0 Å². The van der Waals surface area contributed by atoms with E-state index >= 15 is 0 Å². The zero-order chi connectivity index (χ0) is 12.4. The van der Waals surface area contributed by atoms with Crippen molar-refractivity contribution < 1.29 is 0 Å². The largest absolute Gasteiger partial charge is 0.327 e. The molecule has 2 fully saturated rings. The van der Waals surface area contributed by atoms with Crippen molar-refractivity contribution in [3.05, 3.63) is 0 Å². The second-order valence-corrected chi connectivity index (χ2v) is 6.76. The molecule has 4 atom stereocenters. The van der Waals surface area contributed by atoms with Gasteiger partial charge in [0.05, 0.1) is 0 Å². The molecule has 0 radical (unpaired) electrons. The van der Waals surface area contributed by atoms with Crippen LogP contribution in [-0.2, 0) is 0 Å². The third kappa shape index (κ3) is 3.23. The maximum absolute atomic E-state index is 6.38. The third-order valence-electron chi connectivity index (χ3n) is 5.18. The van der Waals surface area contributed by atoms with Gasteiger partial charge in [0.1, 0.15) is 0 Å². The van der Waals surface area contributed by atoms with Gasteiger partial charge in [0, 0.05) is 18.6 Å². The molecule has 2 N–H and O–H groups in total.